The monoisotopic (exact) mass is 345 g/mol. The van der Waals surface area contributed by atoms with Crippen molar-refractivity contribution in [1.82, 2.24) is 9.78 Å². The second-order valence-electron chi connectivity index (χ2n) is 6.55. The van der Waals surface area contributed by atoms with Gasteiger partial charge < -0.3 is 5.32 Å². The van der Waals surface area contributed by atoms with Gasteiger partial charge in [0.05, 0.1) is 23.2 Å². The molecule has 2 aromatic rings. The molecule has 1 aromatic heterocycles. The number of hydrogen-bond donors (Lipinski definition) is 1. The van der Waals surface area contributed by atoms with E-state index < -0.39 is 9.84 Å². The summed E-state index contributed by atoms with van der Waals surface area (Å²) in [5, 5.41) is 7.50. The van der Waals surface area contributed by atoms with Crippen LogP contribution >= 0.6 is 0 Å². The van der Waals surface area contributed by atoms with Gasteiger partial charge in [0.2, 0.25) is 0 Å². The SMILES string of the molecule is O=C(Nc1cc(C2CC2)nn1C1CCS(=O)(=O)C1)c1ccccc1. The highest BCUT2D eigenvalue weighted by molar-refractivity contribution is 7.91. The van der Waals surface area contributed by atoms with Crippen LogP contribution in [0.15, 0.2) is 36.4 Å². The zero-order valence-electron chi connectivity index (χ0n) is 13.2. The molecule has 2 heterocycles. The van der Waals surface area contributed by atoms with Crippen LogP contribution in [0.1, 0.15) is 47.3 Å². The number of carbonyl (C=O) groups excluding carboxylic acids is 1. The lowest BCUT2D eigenvalue weighted by molar-refractivity contribution is 0.102. The summed E-state index contributed by atoms with van der Waals surface area (Å²) < 4.78 is 25.3. The molecule has 1 amide bonds. The molecule has 6 nitrogen and oxygen atoms in total. The first-order valence-electron chi connectivity index (χ1n) is 8.18. The summed E-state index contributed by atoms with van der Waals surface area (Å²) in [7, 11) is -3.01. The summed E-state index contributed by atoms with van der Waals surface area (Å²) in [4.78, 5) is 12.4. The van der Waals surface area contributed by atoms with Crippen LogP contribution in [0.4, 0.5) is 5.82 Å². The molecule has 1 saturated carbocycles. The summed E-state index contributed by atoms with van der Waals surface area (Å²) >= 11 is 0. The van der Waals surface area contributed by atoms with Crippen LogP contribution in [0.2, 0.25) is 0 Å². The molecule has 2 aliphatic rings. The third kappa shape index (κ3) is 3.08. The van der Waals surface area contributed by atoms with Crippen molar-refractivity contribution in [2.45, 2.75) is 31.2 Å². The van der Waals surface area contributed by atoms with Gasteiger partial charge in [0.1, 0.15) is 5.82 Å². The molecule has 1 aliphatic heterocycles. The predicted molar refractivity (Wildman–Crippen MR) is 90.9 cm³/mol. The molecule has 126 valence electrons. The molecular formula is C17H19N3O3S. The molecular weight excluding hydrogens is 326 g/mol. The molecule has 4 rings (SSSR count). The first kappa shape index (κ1) is 15.4. The molecule has 1 aromatic carbocycles. The van der Waals surface area contributed by atoms with E-state index in [4.69, 9.17) is 0 Å². The zero-order chi connectivity index (χ0) is 16.7. The fraction of sp³-hybridized carbons (Fsp3) is 0.412. The largest absolute Gasteiger partial charge is 0.307 e. The molecule has 0 bridgehead atoms. The van der Waals surface area contributed by atoms with Gasteiger partial charge in [-0.15, -0.1) is 0 Å². The van der Waals surface area contributed by atoms with Crippen molar-refractivity contribution in [3.8, 4) is 0 Å². The third-order valence-electron chi connectivity index (χ3n) is 4.58. The van der Waals surface area contributed by atoms with E-state index in [9.17, 15) is 13.2 Å². The number of carbonyl (C=O) groups is 1. The maximum absolute atomic E-state index is 12.4. The van der Waals surface area contributed by atoms with Gasteiger partial charge in [0.25, 0.3) is 5.91 Å². The van der Waals surface area contributed by atoms with E-state index in [-0.39, 0.29) is 23.5 Å². The van der Waals surface area contributed by atoms with Crippen molar-refractivity contribution in [1.29, 1.82) is 0 Å². The predicted octanol–water partition coefficient (Wildman–Crippen LogP) is 2.37. The lowest BCUT2D eigenvalue weighted by Crippen LogP contribution is -2.19. The van der Waals surface area contributed by atoms with Crippen LogP contribution in [0, 0.1) is 0 Å². The van der Waals surface area contributed by atoms with E-state index >= 15 is 0 Å². The summed E-state index contributed by atoms with van der Waals surface area (Å²) in [6.45, 7) is 0. The molecule has 1 N–H and O–H groups in total. The topological polar surface area (TPSA) is 81.1 Å². The van der Waals surface area contributed by atoms with Gasteiger partial charge in [-0.25, -0.2) is 13.1 Å². The van der Waals surface area contributed by atoms with E-state index in [1.807, 2.05) is 24.3 Å². The lowest BCUT2D eigenvalue weighted by atomic mass is 10.2. The van der Waals surface area contributed by atoms with E-state index in [2.05, 4.69) is 10.4 Å². The number of amides is 1. The Kier molecular flexibility index (Phi) is 3.68. The van der Waals surface area contributed by atoms with E-state index in [1.165, 1.54) is 0 Å². The Bertz CT molecular complexity index is 870. The molecule has 24 heavy (non-hydrogen) atoms. The minimum atomic E-state index is -3.01. The number of nitrogens with zero attached hydrogens (tertiary/aromatic N) is 2. The second kappa shape index (κ2) is 5.73. The second-order valence-corrected chi connectivity index (χ2v) is 8.78. The number of anilines is 1. The van der Waals surface area contributed by atoms with Crippen molar-refractivity contribution in [2.75, 3.05) is 16.8 Å². The standard InChI is InChI=1S/C17H19N3O3S/c21-17(13-4-2-1-3-5-13)18-16-10-15(12-6-7-12)19-20(16)14-8-9-24(22,23)11-14/h1-5,10,12,14H,6-9,11H2,(H,18,21). The summed E-state index contributed by atoms with van der Waals surface area (Å²) in [6.07, 6.45) is 2.75. The van der Waals surface area contributed by atoms with Crippen LogP contribution in [-0.4, -0.2) is 35.6 Å². The van der Waals surface area contributed by atoms with Gasteiger partial charge in [-0.1, -0.05) is 18.2 Å². The maximum Gasteiger partial charge on any atom is 0.256 e. The molecule has 0 spiro atoms. The Morgan fingerprint density at radius 3 is 2.54 bits per heavy atom. The molecule has 1 aliphatic carbocycles. The average Bonchev–Trinajstić information content (AvgIpc) is 3.24. The quantitative estimate of drug-likeness (QED) is 0.922. The van der Waals surface area contributed by atoms with Crippen molar-refractivity contribution in [2.24, 2.45) is 0 Å². The zero-order valence-corrected chi connectivity index (χ0v) is 14.0. The Labute approximate surface area is 140 Å². The van der Waals surface area contributed by atoms with Gasteiger partial charge in [-0.05, 0) is 31.4 Å². The number of aromatic nitrogens is 2. The van der Waals surface area contributed by atoms with Gasteiger partial charge in [0.15, 0.2) is 9.84 Å². The Balaban J connectivity index is 1.63. The van der Waals surface area contributed by atoms with Crippen molar-refractivity contribution < 1.29 is 13.2 Å². The van der Waals surface area contributed by atoms with Crippen LogP contribution in [0.3, 0.4) is 0 Å². The highest BCUT2D eigenvalue weighted by Crippen LogP contribution is 2.41. The van der Waals surface area contributed by atoms with Gasteiger partial charge in [-0.3, -0.25) is 4.79 Å². The minimum Gasteiger partial charge on any atom is -0.307 e. The van der Waals surface area contributed by atoms with E-state index in [0.717, 1.165) is 18.5 Å². The van der Waals surface area contributed by atoms with Crippen LogP contribution in [-0.2, 0) is 9.84 Å². The summed E-state index contributed by atoms with van der Waals surface area (Å²) in [6, 6.07) is 10.7. The van der Waals surface area contributed by atoms with Crippen LogP contribution in [0.25, 0.3) is 0 Å². The Morgan fingerprint density at radius 1 is 1.17 bits per heavy atom. The van der Waals surface area contributed by atoms with Crippen molar-refractivity contribution in [3.05, 3.63) is 47.7 Å². The number of benzene rings is 1. The van der Waals surface area contributed by atoms with Crippen LogP contribution < -0.4 is 5.32 Å². The summed E-state index contributed by atoms with van der Waals surface area (Å²) in [5.41, 5.74) is 1.51. The average molecular weight is 345 g/mol. The number of hydrogen-bond acceptors (Lipinski definition) is 4. The smallest absolute Gasteiger partial charge is 0.256 e. The highest BCUT2D eigenvalue weighted by Gasteiger charge is 2.34. The Hall–Kier alpha value is -2.15. The third-order valence-corrected chi connectivity index (χ3v) is 6.33. The molecule has 1 atom stereocenters. The molecule has 7 heteroatoms. The molecule has 1 unspecified atom stereocenters. The first-order chi connectivity index (χ1) is 11.5. The Morgan fingerprint density at radius 2 is 1.92 bits per heavy atom. The normalized spacial score (nSPS) is 22.4. The summed E-state index contributed by atoms with van der Waals surface area (Å²) in [5.74, 6) is 1.10. The number of sulfone groups is 1. The van der Waals surface area contributed by atoms with Crippen molar-refractivity contribution >= 4 is 21.6 Å². The fourth-order valence-corrected chi connectivity index (χ4v) is 4.80. The van der Waals surface area contributed by atoms with E-state index in [1.54, 1.807) is 16.8 Å². The van der Waals surface area contributed by atoms with Crippen molar-refractivity contribution in [3.63, 3.8) is 0 Å². The first-order valence-corrected chi connectivity index (χ1v) is 10.0. The molecule has 2 fully saturated rings. The lowest BCUT2D eigenvalue weighted by Gasteiger charge is -2.13. The maximum atomic E-state index is 12.4. The highest BCUT2D eigenvalue weighted by atomic mass is 32.2. The molecule has 1 saturated heterocycles. The minimum absolute atomic E-state index is 0.0903. The van der Waals surface area contributed by atoms with Gasteiger partial charge in [0, 0.05) is 17.5 Å². The number of nitrogens with one attached hydrogen (secondary N) is 1. The van der Waals surface area contributed by atoms with Gasteiger partial charge >= 0.3 is 0 Å². The van der Waals surface area contributed by atoms with Gasteiger partial charge in [-0.2, -0.15) is 5.10 Å². The van der Waals surface area contributed by atoms with E-state index in [0.29, 0.717) is 23.7 Å². The molecule has 0 radical (unpaired) electrons. The fourth-order valence-electron chi connectivity index (χ4n) is 3.11. The number of rotatable bonds is 4. The van der Waals surface area contributed by atoms with Crippen LogP contribution in [0.5, 0.6) is 0 Å².